The van der Waals surface area contributed by atoms with Gasteiger partial charge in [-0.1, -0.05) is 0 Å². The van der Waals surface area contributed by atoms with Crippen LogP contribution in [0.5, 0.6) is 0 Å². The Morgan fingerprint density at radius 1 is 1.19 bits per heavy atom. The van der Waals surface area contributed by atoms with Crippen LogP contribution in [-0.2, 0) is 10.9 Å². The number of nitrogens with zero attached hydrogens (tertiary/aromatic N) is 5. The molecule has 4 heterocycles. The first-order valence-corrected chi connectivity index (χ1v) is 10.1. The van der Waals surface area contributed by atoms with E-state index in [-0.39, 0.29) is 12.1 Å². The van der Waals surface area contributed by atoms with Crippen LogP contribution in [0.4, 0.5) is 23.8 Å². The quantitative estimate of drug-likeness (QED) is 0.646. The van der Waals surface area contributed by atoms with Crippen LogP contribution in [0.15, 0.2) is 36.9 Å². The maximum absolute atomic E-state index is 13.1. The molecule has 11 heteroatoms. The Bertz CT molecular complexity index is 1140. The Kier molecular flexibility index (Phi) is 5.43. The molecule has 3 aromatic rings. The summed E-state index contributed by atoms with van der Waals surface area (Å²) in [5.74, 6) is 0.459. The van der Waals surface area contributed by atoms with E-state index in [1.165, 1.54) is 29.1 Å². The monoisotopic (exact) mass is 448 g/mol. The Morgan fingerprint density at radius 3 is 2.69 bits per heavy atom. The second kappa shape index (κ2) is 7.95. The number of halogens is 3. The number of carbonyl (C=O) groups excluding carboxylic acids is 1. The van der Waals surface area contributed by atoms with E-state index in [4.69, 9.17) is 4.74 Å². The zero-order chi connectivity index (χ0) is 23.1. The van der Waals surface area contributed by atoms with Crippen molar-refractivity contribution >= 4 is 17.6 Å². The van der Waals surface area contributed by atoms with E-state index in [0.717, 1.165) is 12.3 Å². The van der Waals surface area contributed by atoms with Gasteiger partial charge in [-0.15, -0.1) is 0 Å². The number of anilines is 1. The molecule has 1 aliphatic rings. The summed E-state index contributed by atoms with van der Waals surface area (Å²) >= 11 is 0. The lowest BCUT2D eigenvalue weighted by Gasteiger charge is -2.24. The number of hydrogen-bond donors (Lipinski definition) is 1. The van der Waals surface area contributed by atoms with Crippen LogP contribution in [0.25, 0.3) is 17.0 Å². The fourth-order valence-corrected chi connectivity index (χ4v) is 3.48. The third-order valence-corrected chi connectivity index (χ3v) is 4.92. The number of ether oxygens (including phenoxy) is 1. The number of nitrogens with one attached hydrogen (secondary N) is 1. The van der Waals surface area contributed by atoms with E-state index >= 15 is 0 Å². The van der Waals surface area contributed by atoms with Gasteiger partial charge in [0.05, 0.1) is 29.8 Å². The van der Waals surface area contributed by atoms with Crippen LogP contribution >= 0.6 is 0 Å². The first-order valence-electron chi connectivity index (χ1n) is 10.1. The lowest BCUT2D eigenvalue weighted by Crippen LogP contribution is -2.36. The van der Waals surface area contributed by atoms with Crippen molar-refractivity contribution in [1.82, 2.24) is 24.3 Å². The molecule has 0 saturated carbocycles. The van der Waals surface area contributed by atoms with Crippen molar-refractivity contribution in [1.29, 1.82) is 0 Å². The number of likely N-dealkylation sites (tertiary alicyclic amines) is 1. The number of pyridine rings is 1. The summed E-state index contributed by atoms with van der Waals surface area (Å²) in [7, 11) is 0. The summed E-state index contributed by atoms with van der Waals surface area (Å²) in [6.45, 7) is 6.44. The fourth-order valence-electron chi connectivity index (χ4n) is 3.48. The van der Waals surface area contributed by atoms with Crippen LogP contribution in [0.3, 0.4) is 0 Å². The van der Waals surface area contributed by atoms with Crippen molar-refractivity contribution in [3.05, 3.63) is 42.5 Å². The van der Waals surface area contributed by atoms with Gasteiger partial charge in [-0.2, -0.15) is 13.2 Å². The first-order chi connectivity index (χ1) is 15.0. The summed E-state index contributed by atoms with van der Waals surface area (Å²) in [5, 5.41) is 3.24. The SMILES string of the molecule is CC(C)(C)OC(=O)N1CC[C@@H](Nc2cncc(-c3cnc4ccc(C(F)(F)F)cn34)n2)C1. The predicted octanol–water partition coefficient (Wildman–Crippen LogP) is 4.23. The maximum atomic E-state index is 13.1. The number of rotatable bonds is 3. The molecular formula is C21H23F3N6O2. The maximum Gasteiger partial charge on any atom is 0.417 e. The largest absolute Gasteiger partial charge is 0.444 e. The van der Waals surface area contributed by atoms with Gasteiger partial charge in [-0.3, -0.25) is 9.38 Å². The smallest absolute Gasteiger partial charge is 0.417 e. The summed E-state index contributed by atoms with van der Waals surface area (Å²) in [4.78, 5) is 26.7. The highest BCUT2D eigenvalue weighted by molar-refractivity contribution is 5.68. The minimum Gasteiger partial charge on any atom is -0.444 e. The van der Waals surface area contributed by atoms with E-state index in [2.05, 4.69) is 20.3 Å². The zero-order valence-electron chi connectivity index (χ0n) is 17.8. The average Bonchev–Trinajstić information content (AvgIpc) is 3.32. The number of alkyl halides is 3. The Balaban J connectivity index is 1.51. The molecule has 1 aliphatic heterocycles. The molecule has 1 atom stereocenters. The molecule has 1 amide bonds. The lowest BCUT2D eigenvalue weighted by atomic mass is 10.2. The molecular weight excluding hydrogens is 425 g/mol. The minimum absolute atomic E-state index is 0.0499. The molecule has 32 heavy (non-hydrogen) atoms. The van der Waals surface area contributed by atoms with Crippen LogP contribution < -0.4 is 5.32 Å². The highest BCUT2D eigenvalue weighted by atomic mass is 19.4. The van der Waals surface area contributed by atoms with Gasteiger partial charge >= 0.3 is 12.3 Å². The number of imidazole rings is 1. The van der Waals surface area contributed by atoms with Gasteiger partial charge < -0.3 is 15.0 Å². The van der Waals surface area contributed by atoms with E-state index in [0.29, 0.717) is 42.4 Å². The molecule has 0 bridgehead atoms. The second-order valence-electron chi connectivity index (χ2n) is 8.63. The van der Waals surface area contributed by atoms with Gasteiger partial charge in [0.25, 0.3) is 0 Å². The Hall–Kier alpha value is -3.37. The number of aromatic nitrogens is 4. The zero-order valence-corrected chi connectivity index (χ0v) is 17.8. The Morgan fingerprint density at radius 2 is 1.97 bits per heavy atom. The standard InChI is InChI=1S/C21H23F3N6O2/c1-20(2,3)32-19(31)29-7-6-14(12-29)27-17-10-25-8-15(28-17)16-9-26-18-5-4-13(11-30(16)18)21(22,23)24/h4-5,8-11,14H,6-7,12H2,1-3H3,(H,27,28)/t14-/m1/s1. The predicted molar refractivity (Wildman–Crippen MR) is 111 cm³/mol. The molecule has 0 aliphatic carbocycles. The molecule has 1 N–H and O–H groups in total. The van der Waals surface area contributed by atoms with Crippen molar-refractivity contribution < 1.29 is 22.7 Å². The average molecular weight is 448 g/mol. The fraction of sp³-hybridized carbons (Fsp3) is 0.429. The van der Waals surface area contributed by atoms with E-state index < -0.39 is 17.3 Å². The summed E-state index contributed by atoms with van der Waals surface area (Å²) in [5.41, 5.74) is -0.202. The van der Waals surface area contributed by atoms with Gasteiger partial charge in [0.2, 0.25) is 0 Å². The number of amides is 1. The highest BCUT2D eigenvalue weighted by Crippen LogP contribution is 2.30. The highest BCUT2D eigenvalue weighted by Gasteiger charge is 2.32. The van der Waals surface area contributed by atoms with Crippen LogP contribution in [-0.4, -0.2) is 55.1 Å². The van der Waals surface area contributed by atoms with Crippen molar-refractivity contribution in [2.24, 2.45) is 0 Å². The molecule has 0 unspecified atom stereocenters. The minimum atomic E-state index is -4.46. The number of carbonyl (C=O) groups is 1. The molecule has 0 radical (unpaired) electrons. The van der Waals surface area contributed by atoms with Crippen molar-refractivity contribution in [2.75, 3.05) is 18.4 Å². The normalized spacial score (nSPS) is 17.1. The van der Waals surface area contributed by atoms with Crippen molar-refractivity contribution in [2.45, 2.75) is 45.0 Å². The van der Waals surface area contributed by atoms with Crippen molar-refractivity contribution in [3.63, 3.8) is 0 Å². The van der Waals surface area contributed by atoms with Gasteiger partial charge in [0.15, 0.2) is 0 Å². The van der Waals surface area contributed by atoms with Gasteiger partial charge in [-0.25, -0.2) is 14.8 Å². The van der Waals surface area contributed by atoms with E-state index in [1.807, 2.05) is 20.8 Å². The molecule has 4 rings (SSSR count). The van der Waals surface area contributed by atoms with Crippen LogP contribution in [0, 0.1) is 0 Å². The summed E-state index contributed by atoms with van der Waals surface area (Å²) < 4.78 is 46.1. The lowest BCUT2D eigenvalue weighted by molar-refractivity contribution is -0.137. The topological polar surface area (TPSA) is 84.6 Å². The van der Waals surface area contributed by atoms with E-state index in [9.17, 15) is 18.0 Å². The van der Waals surface area contributed by atoms with Crippen molar-refractivity contribution in [3.8, 4) is 11.4 Å². The third kappa shape index (κ3) is 4.76. The van der Waals surface area contributed by atoms with Gasteiger partial charge in [0, 0.05) is 25.3 Å². The molecule has 1 saturated heterocycles. The summed E-state index contributed by atoms with van der Waals surface area (Å²) in [6.07, 6.45) is 1.33. The van der Waals surface area contributed by atoms with E-state index in [1.54, 1.807) is 4.90 Å². The van der Waals surface area contributed by atoms with Gasteiger partial charge in [0.1, 0.15) is 22.8 Å². The third-order valence-electron chi connectivity index (χ3n) is 4.92. The molecule has 8 nitrogen and oxygen atoms in total. The molecule has 0 spiro atoms. The second-order valence-corrected chi connectivity index (χ2v) is 8.63. The molecule has 170 valence electrons. The van der Waals surface area contributed by atoms with Crippen LogP contribution in [0.1, 0.15) is 32.8 Å². The summed E-state index contributed by atoms with van der Waals surface area (Å²) in [6, 6.07) is 2.25. The molecule has 0 aromatic carbocycles. The molecule has 3 aromatic heterocycles. The number of hydrogen-bond acceptors (Lipinski definition) is 6. The molecule has 1 fully saturated rings. The van der Waals surface area contributed by atoms with Gasteiger partial charge in [-0.05, 0) is 39.3 Å². The number of fused-ring (bicyclic) bond motifs is 1. The first kappa shape index (κ1) is 21.8. The Labute approximate surface area is 182 Å². The van der Waals surface area contributed by atoms with Crippen LogP contribution in [0.2, 0.25) is 0 Å².